The number of hydrogen-bond acceptors (Lipinski definition) is 3. The van der Waals surface area contributed by atoms with Gasteiger partial charge in [0.1, 0.15) is 4.60 Å². The third-order valence-electron chi connectivity index (χ3n) is 2.80. The quantitative estimate of drug-likeness (QED) is 0.897. The monoisotopic (exact) mass is 260 g/mol. The van der Waals surface area contributed by atoms with E-state index < -0.39 is 0 Å². The molecular formula is C9H13BrN2S. The van der Waals surface area contributed by atoms with Crippen LogP contribution >= 0.6 is 27.3 Å². The second-order valence-corrected chi connectivity index (χ2v) is 5.35. The Kier molecular flexibility index (Phi) is 2.60. The van der Waals surface area contributed by atoms with Gasteiger partial charge in [0.25, 0.3) is 0 Å². The number of nitrogens with zero attached hydrogens (tertiary/aromatic N) is 1. The van der Waals surface area contributed by atoms with Crippen LogP contribution in [0.25, 0.3) is 0 Å². The van der Waals surface area contributed by atoms with E-state index in [2.05, 4.69) is 33.2 Å². The molecular weight excluding hydrogens is 248 g/mol. The van der Waals surface area contributed by atoms with E-state index in [1.165, 1.54) is 19.3 Å². The molecule has 1 fully saturated rings. The van der Waals surface area contributed by atoms with E-state index in [4.69, 9.17) is 0 Å². The van der Waals surface area contributed by atoms with E-state index in [-0.39, 0.29) is 0 Å². The lowest BCUT2D eigenvalue weighted by molar-refractivity contribution is 0.521. The summed E-state index contributed by atoms with van der Waals surface area (Å²) in [6.07, 6.45) is 4.04. The van der Waals surface area contributed by atoms with Crippen LogP contribution in [0.5, 0.6) is 0 Å². The smallest absolute Gasteiger partial charge is 0.183 e. The molecule has 1 aliphatic rings. The summed E-state index contributed by atoms with van der Waals surface area (Å²) in [6.45, 7) is 3.36. The minimum Gasteiger partial charge on any atom is -0.361 e. The van der Waals surface area contributed by atoms with Crippen LogP contribution in [0.15, 0.2) is 9.98 Å². The second kappa shape index (κ2) is 3.58. The highest BCUT2D eigenvalue weighted by atomic mass is 79.9. The van der Waals surface area contributed by atoms with Gasteiger partial charge in [0.05, 0.1) is 0 Å². The first-order valence-corrected chi connectivity index (χ1v) is 6.26. The summed E-state index contributed by atoms with van der Waals surface area (Å²) >= 11 is 5.00. The minimum absolute atomic E-state index is 0.595. The topological polar surface area (TPSA) is 24.9 Å². The molecule has 1 aliphatic carbocycles. The molecule has 2 rings (SSSR count). The Morgan fingerprint density at radius 1 is 1.69 bits per heavy atom. The molecule has 1 heterocycles. The Balaban J connectivity index is 1.86. The first-order valence-electron chi connectivity index (χ1n) is 4.59. The van der Waals surface area contributed by atoms with E-state index in [0.29, 0.717) is 5.41 Å². The maximum atomic E-state index is 4.30. The molecule has 0 atom stereocenters. The van der Waals surface area contributed by atoms with Crippen LogP contribution in [0.2, 0.25) is 0 Å². The summed E-state index contributed by atoms with van der Waals surface area (Å²) in [6, 6.07) is 0. The molecule has 72 valence electrons. The molecule has 0 bridgehead atoms. The molecule has 1 saturated carbocycles. The molecule has 0 aliphatic heterocycles. The normalized spacial score (nSPS) is 18.6. The van der Waals surface area contributed by atoms with Crippen LogP contribution < -0.4 is 5.32 Å². The first-order chi connectivity index (χ1) is 6.24. The van der Waals surface area contributed by atoms with Gasteiger partial charge in [-0.2, -0.15) is 0 Å². The lowest BCUT2D eigenvalue weighted by Gasteiger charge is -2.11. The Bertz CT molecular complexity index is 294. The number of hydrogen-bond donors (Lipinski definition) is 1. The Labute approximate surface area is 90.9 Å². The zero-order chi connectivity index (χ0) is 9.31. The van der Waals surface area contributed by atoms with Crippen molar-refractivity contribution in [2.75, 3.05) is 11.9 Å². The predicted octanol–water partition coefficient (Wildman–Crippen LogP) is 3.51. The highest BCUT2D eigenvalue weighted by Gasteiger charge is 2.40. The van der Waals surface area contributed by atoms with Crippen molar-refractivity contribution in [3.63, 3.8) is 0 Å². The largest absolute Gasteiger partial charge is 0.361 e. The molecule has 13 heavy (non-hydrogen) atoms. The van der Waals surface area contributed by atoms with Gasteiger partial charge in [-0.15, -0.1) is 11.3 Å². The van der Waals surface area contributed by atoms with Gasteiger partial charge >= 0.3 is 0 Å². The fourth-order valence-electron chi connectivity index (χ4n) is 1.43. The van der Waals surface area contributed by atoms with Gasteiger partial charge in [-0.3, -0.25) is 0 Å². The molecule has 0 aromatic carbocycles. The third kappa shape index (κ3) is 2.23. The van der Waals surface area contributed by atoms with Crippen LogP contribution in [0, 0.1) is 5.41 Å². The number of rotatable bonds is 4. The van der Waals surface area contributed by atoms with E-state index >= 15 is 0 Å². The summed E-state index contributed by atoms with van der Waals surface area (Å²) in [4.78, 5) is 4.30. The lowest BCUT2D eigenvalue weighted by atomic mass is 10.0. The van der Waals surface area contributed by atoms with Crippen molar-refractivity contribution in [1.82, 2.24) is 4.98 Å². The van der Waals surface area contributed by atoms with Gasteiger partial charge in [0, 0.05) is 11.9 Å². The number of nitrogens with one attached hydrogen (secondary N) is 1. The van der Waals surface area contributed by atoms with Crippen molar-refractivity contribution in [3.8, 4) is 0 Å². The zero-order valence-corrected chi connectivity index (χ0v) is 10.0. The average molecular weight is 261 g/mol. The molecule has 0 saturated heterocycles. The summed E-state index contributed by atoms with van der Waals surface area (Å²) < 4.78 is 0.932. The van der Waals surface area contributed by atoms with Crippen molar-refractivity contribution >= 4 is 32.4 Å². The molecule has 1 aromatic heterocycles. The molecule has 1 aromatic rings. The summed E-state index contributed by atoms with van der Waals surface area (Å²) in [7, 11) is 0. The average Bonchev–Trinajstić information content (AvgIpc) is 2.81. The van der Waals surface area contributed by atoms with E-state index in [1.807, 2.05) is 5.38 Å². The molecule has 0 unspecified atom stereocenters. The van der Waals surface area contributed by atoms with Crippen molar-refractivity contribution in [2.24, 2.45) is 5.41 Å². The number of aromatic nitrogens is 1. The van der Waals surface area contributed by atoms with Crippen LogP contribution in [-0.2, 0) is 0 Å². The summed E-state index contributed by atoms with van der Waals surface area (Å²) in [5.41, 5.74) is 0.595. The predicted molar refractivity (Wildman–Crippen MR) is 60.3 cm³/mol. The van der Waals surface area contributed by atoms with E-state index in [9.17, 15) is 0 Å². The van der Waals surface area contributed by atoms with Gasteiger partial charge in [-0.1, -0.05) is 6.92 Å². The molecule has 0 spiro atoms. The Hall–Kier alpha value is -0.0900. The van der Waals surface area contributed by atoms with Crippen LogP contribution in [0.4, 0.5) is 5.13 Å². The lowest BCUT2D eigenvalue weighted by Crippen LogP contribution is -2.14. The summed E-state index contributed by atoms with van der Waals surface area (Å²) in [5, 5.41) is 6.44. The Morgan fingerprint density at radius 2 is 2.46 bits per heavy atom. The first kappa shape index (κ1) is 9.46. The van der Waals surface area contributed by atoms with Crippen molar-refractivity contribution < 1.29 is 0 Å². The maximum Gasteiger partial charge on any atom is 0.183 e. The fourth-order valence-corrected chi connectivity index (χ4v) is 2.57. The van der Waals surface area contributed by atoms with Gasteiger partial charge in [-0.25, -0.2) is 4.98 Å². The van der Waals surface area contributed by atoms with Crippen molar-refractivity contribution in [2.45, 2.75) is 26.2 Å². The highest BCUT2D eigenvalue weighted by molar-refractivity contribution is 9.10. The number of anilines is 1. The van der Waals surface area contributed by atoms with Crippen molar-refractivity contribution in [3.05, 3.63) is 9.98 Å². The molecule has 2 nitrogen and oxygen atoms in total. The van der Waals surface area contributed by atoms with E-state index in [0.717, 1.165) is 16.3 Å². The van der Waals surface area contributed by atoms with Gasteiger partial charge in [0.15, 0.2) is 5.13 Å². The highest BCUT2D eigenvalue weighted by Crippen LogP contribution is 2.48. The summed E-state index contributed by atoms with van der Waals surface area (Å²) in [5.74, 6) is 0. The second-order valence-electron chi connectivity index (χ2n) is 3.68. The van der Waals surface area contributed by atoms with Gasteiger partial charge in [0.2, 0.25) is 0 Å². The van der Waals surface area contributed by atoms with Gasteiger partial charge in [-0.05, 0) is 40.6 Å². The van der Waals surface area contributed by atoms with Crippen LogP contribution in [0.1, 0.15) is 26.2 Å². The number of halogens is 1. The standard InChI is InChI=1S/C9H13BrN2S/c1-2-9(3-4-9)6-11-8-12-7(10)5-13-8/h5H,2-4,6H2,1H3,(H,11,12). The van der Waals surface area contributed by atoms with Crippen molar-refractivity contribution in [1.29, 1.82) is 0 Å². The van der Waals surface area contributed by atoms with Crippen LogP contribution in [0.3, 0.4) is 0 Å². The zero-order valence-electron chi connectivity index (χ0n) is 7.64. The van der Waals surface area contributed by atoms with E-state index in [1.54, 1.807) is 11.3 Å². The molecule has 0 amide bonds. The molecule has 1 N–H and O–H groups in total. The third-order valence-corrected chi connectivity index (χ3v) is 4.31. The molecule has 4 heteroatoms. The number of thiazole rings is 1. The van der Waals surface area contributed by atoms with Gasteiger partial charge < -0.3 is 5.32 Å². The fraction of sp³-hybridized carbons (Fsp3) is 0.667. The Morgan fingerprint density at radius 3 is 2.92 bits per heavy atom. The maximum absolute atomic E-state index is 4.30. The van der Waals surface area contributed by atoms with Crippen LogP contribution in [-0.4, -0.2) is 11.5 Å². The molecule has 0 radical (unpaired) electrons. The SMILES string of the molecule is CCC1(CNc2nc(Br)cs2)CC1. The minimum atomic E-state index is 0.595.